The summed E-state index contributed by atoms with van der Waals surface area (Å²) in [5.41, 5.74) is 5.41. The molecule has 1 aliphatic heterocycles. The van der Waals surface area contributed by atoms with Gasteiger partial charge < -0.3 is 30.2 Å². The Morgan fingerprint density at radius 1 is 1.36 bits per heavy atom. The van der Waals surface area contributed by atoms with Crippen LogP contribution in [0.4, 0.5) is 10.6 Å². The average molecular weight is 460 g/mol. The Kier molecular flexibility index (Phi) is 5.50. The Balaban J connectivity index is 1.29. The van der Waals surface area contributed by atoms with E-state index in [1.807, 2.05) is 0 Å². The molecule has 5 rings (SSSR count). The molecular formula is C22H29N5O6. The highest BCUT2D eigenvalue weighted by Gasteiger charge is 2.56. The van der Waals surface area contributed by atoms with Crippen LogP contribution >= 0.6 is 0 Å². The van der Waals surface area contributed by atoms with Crippen LogP contribution < -0.4 is 5.73 Å². The van der Waals surface area contributed by atoms with Crippen LogP contribution in [-0.2, 0) is 19.8 Å². The van der Waals surface area contributed by atoms with Gasteiger partial charge in [0.15, 0.2) is 11.4 Å². The number of hydrogen-bond donors (Lipinski definition) is 3. The summed E-state index contributed by atoms with van der Waals surface area (Å²) in [7, 11) is 1.53. The molecule has 11 nitrogen and oxygen atoms in total. The van der Waals surface area contributed by atoms with Gasteiger partial charge >= 0.3 is 6.16 Å². The molecule has 33 heavy (non-hydrogen) atoms. The standard InChI is InChI=1S/C22H29N5O6/c1-24-10-22(16-3-2-14-19(23)25-12-26-27(14)16)18(29)17(28)15(33-22)9-31-20(30)32-11-21-6-4-13(8-21)5-7-21/h2-3,10,12-13,15,17-18,28-29H,4-9,11H2,1H3,(H2,23,25,26)/t13?,15-,17-,18-,21?,22+/m1/s1. The van der Waals surface area contributed by atoms with Gasteiger partial charge in [0.2, 0.25) is 0 Å². The number of nitrogen functional groups attached to an aromatic ring is 1. The van der Waals surface area contributed by atoms with Crippen LogP contribution in [0.3, 0.4) is 0 Å². The normalized spacial score (nSPS) is 35.6. The minimum atomic E-state index is -1.53. The predicted molar refractivity (Wildman–Crippen MR) is 117 cm³/mol. The van der Waals surface area contributed by atoms with Gasteiger partial charge in [-0.15, -0.1) is 0 Å². The second kappa shape index (κ2) is 8.23. The average Bonchev–Trinajstić information content (AvgIpc) is 3.57. The molecule has 2 bridgehead atoms. The van der Waals surface area contributed by atoms with Crippen LogP contribution in [0.2, 0.25) is 0 Å². The third-order valence-electron chi connectivity index (χ3n) is 7.44. The van der Waals surface area contributed by atoms with E-state index in [0.717, 1.165) is 25.2 Å². The van der Waals surface area contributed by atoms with Crippen molar-refractivity contribution in [3.63, 3.8) is 0 Å². The summed E-state index contributed by atoms with van der Waals surface area (Å²) < 4.78 is 18.2. The predicted octanol–water partition coefficient (Wildman–Crippen LogP) is 1.06. The monoisotopic (exact) mass is 459 g/mol. The molecule has 2 aromatic heterocycles. The molecule has 2 aliphatic carbocycles. The van der Waals surface area contributed by atoms with E-state index in [1.165, 1.54) is 36.9 Å². The molecule has 0 aromatic carbocycles. The lowest BCUT2D eigenvalue weighted by Crippen LogP contribution is -2.43. The number of ether oxygens (including phenoxy) is 3. The van der Waals surface area contributed by atoms with Crippen molar-refractivity contribution in [3.05, 3.63) is 24.2 Å². The summed E-state index contributed by atoms with van der Waals surface area (Å²) in [5, 5.41) is 25.9. The summed E-state index contributed by atoms with van der Waals surface area (Å²) in [6.45, 7) is 0.0646. The number of aliphatic imine (C=N–C) groups is 1. The molecule has 0 amide bonds. The van der Waals surface area contributed by atoms with Crippen LogP contribution in [0, 0.1) is 11.3 Å². The number of carbonyl (C=O) groups is 1. The minimum absolute atomic E-state index is 0.0930. The van der Waals surface area contributed by atoms with E-state index in [2.05, 4.69) is 15.1 Å². The zero-order valence-electron chi connectivity index (χ0n) is 18.5. The quantitative estimate of drug-likeness (QED) is 0.425. The zero-order chi connectivity index (χ0) is 23.2. The molecule has 4 atom stereocenters. The number of carbonyl (C=O) groups excluding carboxylic acids is 1. The van der Waals surface area contributed by atoms with Crippen LogP contribution in [0.1, 0.15) is 37.8 Å². The van der Waals surface area contributed by atoms with Gasteiger partial charge in [0.1, 0.15) is 43.4 Å². The molecule has 4 N–H and O–H groups in total. The first-order chi connectivity index (χ1) is 15.9. The Morgan fingerprint density at radius 3 is 2.85 bits per heavy atom. The van der Waals surface area contributed by atoms with Crippen LogP contribution in [-0.4, -0.2) is 75.8 Å². The van der Waals surface area contributed by atoms with Gasteiger partial charge in [-0.2, -0.15) is 5.10 Å². The number of aliphatic hydroxyl groups excluding tert-OH is 2. The molecule has 0 unspecified atom stereocenters. The van der Waals surface area contributed by atoms with Crippen molar-refractivity contribution in [3.8, 4) is 0 Å². The first-order valence-electron chi connectivity index (χ1n) is 11.2. The fourth-order valence-electron chi connectivity index (χ4n) is 5.72. The maximum Gasteiger partial charge on any atom is 0.508 e. The van der Waals surface area contributed by atoms with Gasteiger partial charge in [-0.25, -0.2) is 14.3 Å². The van der Waals surface area contributed by atoms with E-state index in [-0.39, 0.29) is 17.8 Å². The van der Waals surface area contributed by atoms with E-state index in [1.54, 1.807) is 12.1 Å². The fraction of sp³-hybridized carbons (Fsp3) is 0.636. The van der Waals surface area contributed by atoms with Gasteiger partial charge in [0.05, 0.1) is 5.69 Å². The molecule has 1 saturated heterocycles. The maximum absolute atomic E-state index is 12.2. The Bertz CT molecular complexity index is 1060. The Labute approximate surface area is 190 Å². The summed E-state index contributed by atoms with van der Waals surface area (Å²) >= 11 is 0. The Hall–Kier alpha value is -2.76. The molecule has 178 valence electrons. The molecule has 0 radical (unpaired) electrons. The van der Waals surface area contributed by atoms with Gasteiger partial charge in [0.25, 0.3) is 0 Å². The topological polar surface area (TPSA) is 154 Å². The molecule has 2 saturated carbocycles. The van der Waals surface area contributed by atoms with Crippen molar-refractivity contribution >= 4 is 23.7 Å². The molecule has 0 spiro atoms. The minimum Gasteiger partial charge on any atom is -0.434 e. The highest BCUT2D eigenvalue weighted by molar-refractivity contribution is 5.75. The highest BCUT2D eigenvalue weighted by Crippen LogP contribution is 2.54. The number of anilines is 1. The van der Waals surface area contributed by atoms with Gasteiger partial charge in [-0.1, -0.05) is 0 Å². The largest absolute Gasteiger partial charge is 0.508 e. The molecule has 3 aliphatic rings. The fourth-order valence-corrected chi connectivity index (χ4v) is 5.72. The molecule has 3 heterocycles. The van der Waals surface area contributed by atoms with E-state index in [4.69, 9.17) is 19.9 Å². The van der Waals surface area contributed by atoms with E-state index < -0.39 is 30.1 Å². The van der Waals surface area contributed by atoms with Crippen molar-refractivity contribution in [2.45, 2.75) is 56.0 Å². The number of nitrogens with zero attached hydrogens (tertiary/aromatic N) is 4. The smallest absolute Gasteiger partial charge is 0.434 e. The van der Waals surface area contributed by atoms with Crippen molar-refractivity contribution in [1.29, 1.82) is 0 Å². The van der Waals surface area contributed by atoms with Crippen LogP contribution in [0.5, 0.6) is 0 Å². The summed E-state index contributed by atoms with van der Waals surface area (Å²) in [5.74, 6) is 1.01. The highest BCUT2D eigenvalue weighted by atomic mass is 16.7. The molecule has 3 fully saturated rings. The number of fused-ring (bicyclic) bond motifs is 3. The summed E-state index contributed by atoms with van der Waals surface area (Å²) in [6, 6.07) is 3.36. The lowest BCUT2D eigenvalue weighted by atomic mass is 9.85. The number of aliphatic hydroxyl groups is 2. The van der Waals surface area contributed by atoms with Crippen LogP contribution in [0.25, 0.3) is 5.52 Å². The first-order valence-corrected chi connectivity index (χ1v) is 11.2. The number of hydrogen-bond acceptors (Lipinski definition) is 10. The number of nitrogens with two attached hydrogens (primary N) is 1. The second-order valence-corrected chi connectivity index (χ2v) is 9.43. The third-order valence-corrected chi connectivity index (χ3v) is 7.44. The summed E-state index contributed by atoms with van der Waals surface area (Å²) in [4.78, 5) is 20.2. The third kappa shape index (κ3) is 3.64. The number of aromatic nitrogens is 3. The Morgan fingerprint density at radius 2 is 2.15 bits per heavy atom. The van der Waals surface area contributed by atoms with Crippen molar-refractivity contribution in [2.24, 2.45) is 16.3 Å². The zero-order valence-corrected chi connectivity index (χ0v) is 18.5. The van der Waals surface area contributed by atoms with E-state index in [0.29, 0.717) is 17.8 Å². The molecule has 11 heteroatoms. The van der Waals surface area contributed by atoms with E-state index in [9.17, 15) is 15.0 Å². The second-order valence-electron chi connectivity index (χ2n) is 9.43. The van der Waals surface area contributed by atoms with Gasteiger partial charge in [-0.05, 0) is 50.2 Å². The summed E-state index contributed by atoms with van der Waals surface area (Å²) in [6.07, 6.45) is 3.81. The lowest BCUT2D eigenvalue weighted by Gasteiger charge is -2.27. The SMILES string of the molecule is CN=C[C@@]1(c2ccc3c(N)ncnn23)O[C@H](COC(=O)OCC23CCC(CC2)C3)[C@@H](O)[C@H]1O. The first kappa shape index (κ1) is 22.1. The van der Waals surface area contributed by atoms with E-state index >= 15 is 0 Å². The van der Waals surface area contributed by atoms with Gasteiger partial charge in [-0.3, -0.25) is 4.99 Å². The molecule has 2 aromatic rings. The van der Waals surface area contributed by atoms with Crippen LogP contribution in [0.15, 0.2) is 23.5 Å². The van der Waals surface area contributed by atoms with Crippen molar-refractivity contribution in [2.75, 3.05) is 26.0 Å². The number of rotatable bonds is 6. The van der Waals surface area contributed by atoms with Crippen molar-refractivity contribution < 1.29 is 29.2 Å². The van der Waals surface area contributed by atoms with Gasteiger partial charge in [0, 0.05) is 18.7 Å². The lowest BCUT2D eigenvalue weighted by molar-refractivity contribution is -0.0659. The maximum atomic E-state index is 12.2. The van der Waals surface area contributed by atoms with Crippen molar-refractivity contribution in [1.82, 2.24) is 14.6 Å². The molecular weight excluding hydrogens is 430 g/mol.